The average Bonchev–Trinajstić information content (AvgIpc) is 2.62. The van der Waals surface area contributed by atoms with Crippen LogP contribution in [0.5, 0.6) is 0 Å². The van der Waals surface area contributed by atoms with Crippen molar-refractivity contribution in [2.75, 3.05) is 7.11 Å². The van der Waals surface area contributed by atoms with Crippen LogP contribution in [0.1, 0.15) is 6.42 Å². The third-order valence-electron chi connectivity index (χ3n) is 2.39. The van der Waals surface area contributed by atoms with E-state index in [2.05, 4.69) is 22.2 Å². The van der Waals surface area contributed by atoms with Gasteiger partial charge in [-0.25, -0.2) is 0 Å². The lowest BCUT2D eigenvalue weighted by Crippen LogP contribution is -2.40. The minimum atomic E-state index is -0.137. The number of fused-ring (bicyclic) bond motifs is 2. The fourth-order valence-electron chi connectivity index (χ4n) is 1.82. The summed E-state index contributed by atoms with van der Waals surface area (Å²) in [5, 5.41) is 3.18. The number of ether oxygens (including phenoxy) is 1. The van der Waals surface area contributed by atoms with Crippen LogP contribution in [0.15, 0.2) is 12.2 Å². The van der Waals surface area contributed by atoms with Crippen molar-refractivity contribution < 1.29 is 9.53 Å². The molecule has 1 N–H and O–H groups in total. The molecule has 2 aliphatic rings. The van der Waals surface area contributed by atoms with Crippen molar-refractivity contribution >= 4 is 5.97 Å². The van der Waals surface area contributed by atoms with E-state index in [-0.39, 0.29) is 12.0 Å². The van der Waals surface area contributed by atoms with Crippen LogP contribution < -0.4 is 5.32 Å². The highest BCUT2D eigenvalue weighted by Crippen LogP contribution is 2.29. The van der Waals surface area contributed by atoms with Crippen molar-refractivity contribution in [2.45, 2.75) is 18.5 Å². The number of carbonyl (C=O) groups excluding carboxylic acids is 1. The second-order valence-electron chi connectivity index (χ2n) is 3.06. The van der Waals surface area contributed by atoms with Gasteiger partial charge in [0.2, 0.25) is 0 Å². The second-order valence-corrected chi connectivity index (χ2v) is 3.06. The average molecular weight is 153 g/mol. The SMILES string of the molecule is COC(=O)[C@H]1N[C@@H]2C=C[C@H]1C2. The molecule has 0 aromatic rings. The Morgan fingerprint density at radius 2 is 2.45 bits per heavy atom. The van der Waals surface area contributed by atoms with Crippen LogP contribution >= 0.6 is 0 Å². The highest BCUT2D eigenvalue weighted by Gasteiger charge is 2.39. The maximum Gasteiger partial charge on any atom is 0.323 e. The van der Waals surface area contributed by atoms with Crippen LogP contribution in [0, 0.1) is 5.92 Å². The van der Waals surface area contributed by atoms with Gasteiger partial charge in [-0.1, -0.05) is 12.2 Å². The molecule has 0 aromatic carbocycles. The Hall–Kier alpha value is -0.830. The van der Waals surface area contributed by atoms with E-state index in [1.807, 2.05) is 0 Å². The van der Waals surface area contributed by atoms with Crippen LogP contribution in [0.2, 0.25) is 0 Å². The maximum absolute atomic E-state index is 11.1. The Morgan fingerprint density at radius 3 is 2.91 bits per heavy atom. The molecule has 0 radical (unpaired) electrons. The molecular formula is C8H11NO2. The molecule has 0 aromatic heterocycles. The quantitative estimate of drug-likeness (QED) is 0.428. The lowest BCUT2D eigenvalue weighted by Gasteiger charge is -2.15. The molecule has 3 atom stereocenters. The number of rotatable bonds is 1. The number of hydrogen-bond acceptors (Lipinski definition) is 3. The third kappa shape index (κ3) is 0.959. The van der Waals surface area contributed by atoms with E-state index in [4.69, 9.17) is 0 Å². The van der Waals surface area contributed by atoms with Crippen molar-refractivity contribution in [1.29, 1.82) is 0 Å². The second kappa shape index (κ2) is 2.34. The maximum atomic E-state index is 11.1. The predicted molar refractivity (Wildman–Crippen MR) is 40.0 cm³/mol. The van der Waals surface area contributed by atoms with Crippen molar-refractivity contribution in [3.8, 4) is 0 Å². The number of hydrogen-bond donors (Lipinski definition) is 1. The molecule has 0 unspecified atom stereocenters. The van der Waals surface area contributed by atoms with E-state index < -0.39 is 0 Å². The van der Waals surface area contributed by atoms with Crippen molar-refractivity contribution in [1.82, 2.24) is 5.32 Å². The molecule has 0 saturated carbocycles. The fourth-order valence-corrected chi connectivity index (χ4v) is 1.82. The van der Waals surface area contributed by atoms with Crippen LogP contribution in [0.4, 0.5) is 0 Å². The molecule has 2 bridgehead atoms. The van der Waals surface area contributed by atoms with Crippen molar-refractivity contribution in [2.24, 2.45) is 5.92 Å². The van der Waals surface area contributed by atoms with E-state index in [1.54, 1.807) is 0 Å². The fraction of sp³-hybridized carbons (Fsp3) is 0.625. The monoisotopic (exact) mass is 153 g/mol. The molecule has 0 spiro atoms. The summed E-state index contributed by atoms with van der Waals surface area (Å²) >= 11 is 0. The molecule has 3 nitrogen and oxygen atoms in total. The topological polar surface area (TPSA) is 38.3 Å². The van der Waals surface area contributed by atoms with E-state index in [9.17, 15) is 4.79 Å². The first-order valence-corrected chi connectivity index (χ1v) is 3.83. The summed E-state index contributed by atoms with van der Waals surface area (Å²) in [7, 11) is 1.43. The predicted octanol–water partition coefficient (Wildman–Crippen LogP) is 0.0759. The van der Waals surface area contributed by atoms with Gasteiger partial charge in [-0.05, 0) is 6.42 Å². The largest absolute Gasteiger partial charge is 0.468 e. The molecule has 0 amide bonds. The van der Waals surface area contributed by atoms with Crippen LogP contribution in [-0.4, -0.2) is 25.2 Å². The first-order chi connectivity index (χ1) is 5.31. The Labute approximate surface area is 65.4 Å². The summed E-state index contributed by atoms with van der Waals surface area (Å²) in [6.07, 6.45) is 5.27. The lowest BCUT2D eigenvalue weighted by atomic mass is 10.0. The van der Waals surface area contributed by atoms with Gasteiger partial charge in [-0.15, -0.1) is 0 Å². The summed E-state index contributed by atoms with van der Waals surface area (Å²) in [4.78, 5) is 11.1. The molecule has 60 valence electrons. The van der Waals surface area contributed by atoms with Gasteiger partial charge in [-0.2, -0.15) is 0 Å². The van der Waals surface area contributed by atoms with E-state index in [1.165, 1.54) is 7.11 Å². The van der Waals surface area contributed by atoms with Crippen molar-refractivity contribution in [3.63, 3.8) is 0 Å². The van der Waals surface area contributed by atoms with Gasteiger partial charge in [0.25, 0.3) is 0 Å². The smallest absolute Gasteiger partial charge is 0.323 e. The standard InChI is InChI=1S/C8H11NO2/c1-11-8(10)7-5-2-3-6(4-5)9-7/h2-3,5-7,9H,4H2,1H3/t5-,6+,7-/m0/s1. The minimum Gasteiger partial charge on any atom is -0.468 e. The number of nitrogens with one attached hydrogen (secondary N) is 1. The molecule has 1 aliphatic carbocycles. The summed E-state index contributed by atoms with van der Waals surface area (Å²) < 4.78 is 4.65. The minimum absolute atomic E-state index is 0.0880. The van der Waals surface area contributed by atoms with E-state index in [0.29, 0.717) is 12.0 Å². The Kier molecular flexibility index (Phi) is 1.46. The molecule has 1 saturated heterocycles. The first kappa shape index (κ1) is 6.85. The Balaban J connectivity index is 2.08. The summed E-state index contributed by atoms with van der Waals surface area (Å²) in [6.45, 7) is 0. The zero-order chi connectivity index (χ0) is 7.84. The normalized spacial score (nSPS) is 39.5. The molecule has 1 aliphatic heterocycles. The van der Waals surface area contributed by atoms with E-state index >= 15 is 0 Å². The molecule has 11 heavy (non-hydrogen) atoms. The van der Waals surface area contributed by atoms with E-state index in [0.717, 1.165) is 6.42 Å². The molecule has 3 heteroatoms. The van der Waals surface area contributed by atoms with Gasteiger partial charge in [-0.3, -0.25) is 10.1 Å². The van der Waals surface area contributed by atoms with Gasteiger partial charge in [0, 0.05) is 12.0 Å². The van der Waals surface area contributed by atoms with Gasteiger partial charge >= 0.3 is 5.97 Å². The highest BCUT2D eigenvalue weighted by atomic mass is 16.5. The van der Waals surface area contributed by atoms with Crippen LogP contribution in [0.3, 0.4) is 0 Å². The zero-order valence-corrected chi connectivity index (χ0v) is 6.41. The van der Waals surface area contributed by atoms with Crippen LogP contribution in [0.25, 0.3) is 0 Å². The van der Waals surface area contributed by atoms with Crippen LogP contribution in [-0.2, 0) is 9.53 Å². The number of esters is 1. The number of methoxy groups -OCH3 is 1. The number of carbonyl (C=O) groups is 1. The first-order valence-electron chi connectivity index (χ1n) is 3.83. The molecule has 2 rings (SSSR count). The van der Waals surface area contributed by atoms with Gasteiger partial charge in [0.1, 0.15) is 6.04 Å². The molecular weight excluding hydrogens is 142 g/mol. The molecule has 1 heterocycles. The summed E-state index contributed by atoms with van der Waals surface area (Å²) in [5.41, 5.74) is 0. The lowest BCUT2D eigenvalue weighted by molar-refractivity contribution is -0.143. The van der Waals surface area contributed by atoms with Gasteiger partial charge in [0.05, 0.1) is 7.11 Å². The third-order valence-corrected chi connectivity index (χ3v) is 2.39. The Bertz CT molecular complexity index is 212. The molecule has 1 fully saturated rings. The van der Waals surface area contributed by atoms with Gasteiger partial charge in [0.15, 0.2) is 0 Å². The zero-order valence-electron chi connectivity index (χ0n) is 6.41. The van der Waals surface area contributed by atoms with Crippen molar-refractivity contribution in [3.05, 3.63) is 12.2 Å². The summed E-state index contributed by atoms with van der Waals surface area (Å²) in [6, 6.07) is 0.319. The Morgan fingerprint density at radius 1 is 1.64 bits per heavy atom. The summed E-state index contributed by atoms with van der Waals surface area (Å²) in [5.74, 6) is 0.231. The highest BCUT2D eigenvalue weighted by molar-refractivity contribution is 5.77. The van der Waals surface area contributed by atoms with Gasteiger partial charge < -0.3 is 4.74 Å².